The lowest BCUT2D eigenvalue weighted by molar-refractivity contribution is -0.132. The van der Waals surface area contributed by atoms with Crippen LogP contribution in [-0.4, -0.2) is 28.8 Å². The van der Waals surface area contributed by atoms with Crippen molar-refractivity contribution in [3.63, 3.8) is 0 Å². The molecule has 0 bridgehead atoms. The molecule has 1 N–H and O–H groups in total. The number of hydrogen-bond acceptors (Lipinski definition) is 5. The molecule has 4 amide bonds. The van der Waals surface area contributed by atoms with Gasteiger partial charge in [0.25, 0.3) is 11.8 Å². The summed E-state index contributed by atoms with van der Waals surface area (Å²) in [7, 11) is 0. The third-order valence-corrected chi connectivity index (χ3v) is 5.28. The molecule has 0 atom stereocenters. The van der Waals surface area contributed by atoms with E-state index in [1.807, 2.05) is 0 Å². The van der Waals surface area contributed by atoms with Crippen molar-refractivity contribution < 1.29 is 18.8 Å². The smallest absolute Gasteiger partial charge is 0.331 e. The Bertz CT molecular complexity index is 1040. The Hall–Kier alpha value is -3.66. The highest BCUT2D eigenvalue weighted by atomic mass is 16.3. The molecule has 0 unspecified atom stereocenters. The van der Waals surface area contributed by atoms with Gasteiger partial charge in [0.1, 0.15) is 17.1 Å². The van der Waals surface area contributed by atoms with Gasteiger partial charge in [-0.05, 0) is 55.3 Å². The number of urea groups is 1. The number of carbonyl (C=O) groups excluding carboxylic acids is 3. The van der Waals surface area contributed by atoms with Crippen molar-refractivity contribution in [2.45, 2.75) is 38.1 Å². The van der Waals surface area contributed by atoms with Crippen LogP contribution in [0.25, 0.3) is 17.4 Å². The molecule has 2 aromatic rings. The quantitative estimate of drug-likeness (QED) is 0.638. The summed E-state index contributed by atoms with van der Waals surface area (Å²) in [6.07, 6.45) is 5.88. The van der Waals surface area contributed by atoms with Crippen LogP contribution in [0.2, 0.25) is 0 Å². The molecule has 1 aromatic carbocycles. The van der Waals surface area contributed by atoms with Crippen molar-refractivity contribution in [1.29, 1.82) is 5.26 Å². The first-order valence-electron chi connectivity index (χ1n) is 9.58. The number of carbonyl (C=O) groups is 3. The predicted octanol–water partition coefficient (Wildman–Crippen LogP) is 3.61. The van der Waals surface area contributed by atoms with E-state index in [-0.39, 0.29) is 11.6 Å². The largest absolute Gasteiger partial charge is 0.457 e. The lowest BCUT2D eigenvalue weighted by atomic mass is 9.93. The average molecular weight is 389 g/mol. The number of hydrogen-bond donors (Lipinski definition) is 1. The Morgan fingerprint density at radius 1 is 1.03 bits per heavy atom. The van der Waals surface area contributed by atoms with Gasteiger partial charge in [0.15, 0.2) is 0 Å². The van der Waals surface area contributed by atoms with Crippen molar-refractivity contribution >= 4 is 23.9 Å². The lowest BCUT2D eigenvalue weighted by Crippen LogP contribution is -2.58. The molecule has 2 aliphatic rings. The van der Waals surface area contributed by atoms with Gasteiger partial charge < -0.3 is 4.42 Å². The van der Waals surface area contributed by atoms with E-state index in [0.717, 1.165) is 37.7 Å². The molecule has 2 fully saturated rings. The molecular weight excluding hydrogens is 370 g/mol. The summed E-state index contributed by atoms with van der Waals surface area (Å²) < 4.78 is 5.76. The van der Waals surface area contributed by atoms with Crippen LogP contribution in [0.1, 0.15) is 43.4 Å². The van der Waals surface area contributed by atoms with Crippen molar-refractivity contribution in [2.24, 2.45) is 0 Å². The second-order valence-corrected chi connectivity index (χ2v) is 7.18. The second-order valence-electron chi connectivity index (χ2n) is 7.18. The molecule has 0 spiro atoms. The van der Waals surface area contributed by atoms with Gasteiger partial charge in [-0.15, -0.1) is 0 Å². The molecule has 2 heterocycles. The molecule has 4 rings (SSSR count). The maximum atomic E-state index is 12.9. The van der Waals surface area contributed by atoms with E-state index in [9.17, 15) is 14.4 Å². The third-order valence-electron chi connectivity index (χ3n) is 5.28. The van der Waals surface area contributed by atoms with E-state index in [2.05, 4.69) is 11.4 Å². The first-order chi connectivity index (χ1) is 14.1. The second kappa shape index (κ2) is 7.76. The highest BCUT2D eigenvalue weighted by molar-refractivity contribution is 6.31. The Morgan fingerprint density at radius 2 is 1.76 bits per heavy atom. The fourth-order valence-corrected chi connectivity index (χ4v) is 3.78. The number of amides is 4. The van der Waals surface area contributed by atoms with Crippen LogP contribution in [0.15, 0.2) is 46.4 Å². The summed E-state index contributed by atoms with van der Waals surface area (Å²) in [5.74, 6) is -0.420. The van der Waals surface area contributed by atoms with Crippen LogP contribution < -0.4 is 5.32 Å². The molecule has 1 aromatic heterocycles. The van der Waals surface area contributed by atoms with Gasteiger partial charge in [0, 0.05) is 11.6 Å². The number of nitrogens with zero attached hydrogens (tertiary/aromatic N) is 2. The number of benzene rings is 1. The van der Waals surface area contributed by atoms with E-state index in [0.29, 0.717) is 17.1 Å². The summed E-state index contributed by atoms with van der Waals surface area (Å²) in [6.45, 7) is 0. The van der Waals surface area contributed by atoms with Gasteiger partial charge in [0.05, 0.1) is 11.6 Å². The summed E-state index contributed by atoms with van der Waals surface area (Å²) >= 11 is 0. The molecular formula is C22H19N3O4. The number of imide groups is 2. The van der Waals surface area contributed by atoms with Crippen LogP contribution in [-0.2, 0) is 9.59 Å². The van der Waals surface area contributed by atoms with Crippen LogP contribution in [0.4, 0.5) is 4.79 Å². The van der Waals surface area contributed by atoms with Gasteiger partial charge >= 0.3 is 6.03 Å². The molecule has 7 nitrogen and oxygen atoms in total. The Kier molecular flexibility index (Phi) is 5.00. The predicted molar refractivity (Wildman–Crippen MR) is 104 cm³/mol. The highest BCUT2D eigenvalue weighted by Gasteiger charge is 2.40. The number of rotatable bonds is 3. The maximum absolute atomic E-state index is 12.9. The molecule has 0 radical (unpaired) electrons. The first-order valence-corrected chi connectivity index (χ1v) is 9.58. The summed E-state index contributed by atoms with van der Waals surface area (Å²) in [5, 5.41) is 11.2. The van der Waals surface area contributed by atoms with E-state index >= 15 is 0 Å². The van der Waals surface area contributed by atoms with Gasteiger partial charge in [-0.1, -0.05) is 19.3 Å². The minimum Gasteiger partial charge on any atom is -0.457 e. The zero-order valence-electron chi connectivity index (χ0n) is 15.7. The summed E-state index contributed by atoms with van der Waals surface area (Å²) in [6, 6.07) is 11.5. The zero-order chi connectivity index (χ0) is 20.4. The minimum atomic E-state index is -0.719. The third kappa shape index (κ3) is 3.69. The van der Waals surface area contributed by atoms with Crippen LogP contribution >= 0.6 is 0 Å². The monoisotopic (exact) mass is 389 g/mol. The summed E-state index contributed by atoms with van der Waals surface area (Å²) in [4.78, 5) is 38.6. The van der Waals surface area contributed by atoms with Crippen molar-refractivity contribution in [1.82, 2.24) is 10.2 Å². The van der Waals surface area contributed by atoms with E-state index in [1.54, 1.807) is 36.4 Å². The Morgan fingerprint density at radius 3 is 2.45 bits per heavy atom. The number of furan rings is 1. The van der Waals surface area contributed by atoms with Crippen molar-refractivity contribution in [3.8, 4) is 17.4 Å². The molecule has 29 heavy (non-hydrogen) atoms. The number of nitrogens with one attached hydrogen (secondary N) is 1. The molecule has 1 aliphatic heterocycles. The molecule has 1 saturated carbocycles. The van der Waals surface area contributed by atoms with E-state index in [4.69, 9.17) is 9.68 Å². The van der Waals surface area contributed by atoms with E-state index < -0.39 is 17.8 Å². The Balaban J connectivity index is 1.60. The topological polar surface area (TPSA) is 103 Å². The maximum Gasteiger partial charge on any atom is 0.331 e. The van der Waals surface area contributed by atoms with Crippen molar-refractivity contribution in [2.75, 3.05) is 0 Å². The van der Waals surface area contributed by atoms with Gasteiger partial charge in [-0.25, -0.2) is 4.79 Å². The number of nitriles is 1. The van der Waals surface area contributed by atoms with Crippen LogP contribution in [0, 0.1) is 11.3 Å². The molecule has 1 aliphatic carbocycles. The van der Waals surface area contributed by atoms with Crippen LogP contribution in [0.5, 0.6) is 0 Å². The fraction of sp³-hybridized carbons (Fsp3) is 0.273. The van der Waals surface area contributed by atoms with Gasteiger partial charge in [0.2, 0.25) is 0 Å². The molecule has 146 valence electrons. The zero-order valence-corrected chi connectivity index (χ0v) is 15.7. The minimum absolute atomic E-state index is 0.115. The molecule has 1 saturated heterocycles. The standard InChI is InChI=1S/C22H19N3O4/c23-13-14-6-8-15(9-7-14)19-11-10-17(29-19)12-18-20(26)24-22(28)25(21(18)27)16-4-2-1-3-5-16/h6-12,16H,1-5H2,(H,24,26,28). The van der Waals surface area contributed by atoms with E-state index in [1.165, 1.54) is 11.0 Å². The lowest BCUT2D eigenvalue weighted by Gasteiger charge is -2.35. The van der Waals surface area contributed by atoms with Gasteiger partial charge in [-0.3, -0.25) is 19.8 Å². The van der Waals surface area contributed by atoms with Gasteiger partial charge in [-0.2, -0.15) is 5.26 Å². The molecule has 7 heteroatoms. The first kappa shape index (κ1) is 18.7. The summed E-state index contributed by atoms with van der Waals surface area (Å²) in [5.41, 5.74) is 1.20. The highest BCUT2D eigenvalue weighted by Crippen LogP contribution is 2.28. The van der Waals surface area contributed by atoms with Crippen molar-refractivity contribution in [3.05, 3.63) is 53.3 Å². The van der Waals surface area contributed by atoms with Crippen LogP contribution in [0.3, 0.4) is 0 Å². The SMILES string of the molecule is N#Cc1ccc(-c2ccc(C=C3C(=O)NC(=O)N(C4CCCCC4)C3=O)o2)cc1. The normalized spacial score (nSPS) is 19.3. The number of barbiturate groups is 1. The average Bonchev–Trinajstić information content (AvgIpc) is 3.20. The Labute approximate surface area is 167 Å². The fourth-order valence-electron chi connectivity index (χ4n) is 3.78.